The Hall–Kier alpha value is -3.65. The van der Waals surface area contributed by atoms with Crippen LogP contribution in [0, 0.1) is 0 Å². The second kappa shape index (κ2) is 9.01. The lowest BCUT2D eigenvalue weighted by atomic mass is 10.2. The van der Waals surface area contributed by atoms with Crippen LogP contribution in [-0.2, 0) is 16.6 Å². The third-order valence-electron chi connectivity index (χ3n) is 4.84. The Labute approximate surface area is 180 Å². The van der Waals surface area contributed by atoms with Gasteiger partial charge in [0.15, 0.2) is 0 Å². The van der Waals surface area contributed by atoms with Crippen molar-refractivity contribution >= 4 is 32.7 Å². The summed E-state index contributed by atoms with van der Waals surface area (Å²) in [4.78, 5) is 16.8. The first kappa shape index (κ1) is 20.6. The number of hydrogen-bond acceptors (Lipinski definition) is 4. The van der Waals surface area contributed by atoms with Gasteiger partial charge in [-0.25, -0.2) is 13.4 Å². The van der Waals surface area contributed by atoms with Crippen molar-refractivity contribution in [3.63, 3.8) is 0 Å². The molecule has 7 nitrogen and oxygen atoms in total. The lowest BCUT2D eigenvalue weighted by Crippen LogP contribution is -2.25. The summed E-state index contributed by atoms with van der Waals surface area (Å²) in [5, 5.41) is 2.87. The Kier molecular flexibility index (Phi) is 5.99. The van der Waals surface area contributed by atoms with Gasteiger partial charge in [-0.2, -0.15) is 0 Å². The summed E-state index contributed by atoms with van der Waals surface area (Å²) in [5.41, 5.74) is 2.90. The molecular weight excluding hydrogens is 412 g/mol. The van der Waals surface area contributed by atoms with Crippen LogP contribution in [0.1, 0.15) is 16.8 Å². The molecule has 1 amide bonds. The molecule has 1 heterocycles. The number of fused-ring (bicyclic) bond motifs is 1. The molecule has 3 aromatic carbocycles. The summed E-state index contributed by atoms with van der Waals surface area (Å²) in [7, 11) is -3.71. The van der Waals surface area contributed by atoms with Gasteiger partial charge >= 0.3 is 0 Å². The van der Waals surface area contributed by atoms with E-state index in [-0.39, 0.29) is 10.8 Å². The van der Waals surface area contributed by atoms with Crippen LogP contribution in [0.15, 0.2) is 90.1 Å². The second-order valence-corrected chi connectivity index (χ2v) is 8.71. The maximum atomic E-state index is 12.5. The van der Waals surface area contributed by atoms with Gasteiger partial charge in [-0.15, -0.1) is 0 Å². The number of para-hydroxylation sites is 3. The van der Waals surface area contributed by atoms with Crippen LogP contribution in [0.2, 0.25) is 0 Å². The number of sulfonamides is 1. The summed E-state index contributed by atoms with van der Waals surface area (Å²) in [6, 6.07) is 22.4. The van der Waals surface area contributed by atoms with E-state index in [2.05, 4.69) is 19.6 Å². The van der Waals surface area contributed by atoms with E-state index in [0.717, 1.165) is 24.0 Å². The minimum atomic E-state index is -3.71. The molecule has 4 rings (SSSR count). The van der Waals surface area contributed by atoms with E-state index in [0.29, 0.717) is 17.8 Å². The minimum absolute atomic E-state index is 0.0971. The highest BCUT2D eigenvalue weighted by atomic mass is 32.2. The zero-order valence-corrected chi connectivity index (χ0v) is 17.5. The van der Waals surface area contributed by atoms with Crippen molar-refractivity contribution in [3.8, 4) is 0 Å². The Morgan fingerprint density at radius 2 is 1.61 bits per heavy atom. The fourth-order valence-corrected chi connectivity index (χ4v) is 4.31. The lowest BCUT2D eigenvalue weighted by Gasteiger charge is -2.09. The maximum absolute atomic E-state index is 12.5. The number of anilines is 1. The molecule has 8 heteroatoms. The normalized spacial score (nSPS) is 11.4. The topological polar surface area (TPSA) is 93.1 Å². The van der Waals surface area contributed by atoms with Crippen LogP contribution in [0.3, 0.4) is 0 Å². The first-order valence-corrected chi connectivity index (χ1v) is 11.4. The van der Waals surface area contributed by atoms with Crippen LogP contribution in [0.5, 0.6) is 0 Å². The highest BCUT2D eigenvalue weighted by Crippen LogP contribution is 2.16. The lowest BCUT2D eigenvalue weighted by molar-refractivity contribution is 0.0952. The molecule has 0 unspecified atom stereocenters. The number of carbonyl (C=O) groups excluding carboxylic acids is 1. The molecule has 0 bridgehead atoms. The fourth-order valence-electron chi connectivity index (χ4n) is 3.25. The molecule has 1 aromatic heterocycles. The van der Waals surface area contributed by atoms with E-state index in [1.807, 2.05) is 30.3 Å². The Morgan fingerprint density at radius 3 is 2.39 bits per heavy atom. The van der Waals surface area contributed by atoms with Crippen molar-refractivity contribution in [2.24, 2.45) is 0 Å². The Balaban J connectivity index is 1.31. The van der Waals surface area contributed by atoms with Crippen molar-refractivity contribution < 1.29 is 13.2 Å². The molecule has 2 N–H and O–H groups in total. The summed E-state index contributed by atoms with van der Waals surface area (Å²) < 4.78 is 29.5. The van der Waals surface area contributed by atoms with Crippen LogP contribution < -0.4 is 10.0 Å². The predicted molar refractivity (Wildman–Crippen MR) is 120 cm³/mol. The highest BCUT2D eigenvalue weighted by molar-refractivity contribution is 7.92. The summed E-state index contributed by atoms with van der Waals surface area (Å²) in [6.45, 7) is 1.24. The van der Waals surface area contributed by atoms with Crippen molar-refractivity contribution in [1.82, 2.24) is 14.9 Å². The smallest absolute Gasteiger partial charge is 0.261 e. The average Bonchev–Trinajstić information content (AvgIpc) is 3.20. The van der Waals surface area contributed by atoms with Crippen LogP contribution in [-0.4, -0.2) is 30.4 Å². The zero-order chi connectivity index (χ0) is 21.7. The molecule has 0 saturated carbocycles. The number of aryl methyl sites for hydroxylation is 1. The first-order chi connectivity index (χ1) is 15.0. The maximum Gasteiger partial charge on any atom is 0.261 e. The molecule has 0 radical (unpaired) electrons. The molecule has 0 atom stereocenters. The molecule has 0 saturated heterocycles. The van der Waals surface area contributed by atoms with E-state index in [4.69, 9.17) is 0 Å². The number of hydrogen-bond donors (Lipinski definition) is 2. The first-order valence-electron chi connectivity index (χ1n) is 9.89. The summed E-state index contributed by atoms with van der Waals surface area (Å²) in [5.74, 6) is -0.240. The molecule has 0 aliphatic heterocycles. The molecule has 0 spiro atoms. The van der Waals surface area contributed by atoms with Gasteiger partial charge in [0.05, 0.1) is 22.3 Å². The number of nitrogens with one attached hydrogen (secondary N) is 2. The van der Waals surface area contributed by atoms with E-state index in [9.17, 15) is 13.2 Å². The minimum Gasteiger partial charge on any atom is -0.352 e. The molecule has 158 valence electrons. The largest absolute Gasteiger partial charge is 0.352 e. The van der Waals surface area contributed by atoms with Crippen molar-refractivity contribution in [2.75, 3.05) is 11.3 Å². The van der Waals surface area contributed by atoms with Crippen molar-refractivity contribution in [3.05, 3.63) is 90.8 Å². The van der Waals surface area contributed by atoms with Gasteiger partial charge in [0.25, 0.3) is 15.9 Å². The summed E-state index contributed by atoms with van der Waals surface area (Å²) >= 11 is 0. The van der Waals surface area contributed by atoms with E-state index in [1.165, 1.54) is 24.3 Å². The quantitative estimate of drug-likeness (QED) is 0.414. The van der Waals surface area contributed by atoms with Gasteiger partial charge in [0.1, 0.15) is 0 Å². The fraction of sp³-hybridized carbons (Fsp3) is 0.130. The van der Waals surface area contributed by atoms with Gasteiger partial charge in [-0.1, -0.05) is 30.3 Å². The Morgan fingerprint density at radius 1 is 0.903 bits per heavy atom. The number of benzene rings is 3. The third-order valence-corrected chi connectivity index (χ3v) is 6.24. The van der Waals surface area contributed by atoms with E-state index in [1.54, 1.807) is 30.6 Å². The van der Waals surface area contributed by atoms with Gasteiger partial charge < -0.3 is 9.88 Å². The van der Waals surface area contributed by atoms with Crippen LogP contribution in [0.25, 0.3) is 11.0 Å². The number of amides is 1. The predicted octanol–water partition coefficient (Wildman–Crippen LogP) is 3.66. The molecule has 0 aliphatic rings. The Bertz CT molecular complexity index is 1280. The van der Waals surface area contributed by atoms with Gasteiger partial charge in [-0.05, 0) is 55.0 Å². The molecule has 0 fully saturated rings. The number of nitrogens with zero attached hydrogens (tertiary/aromatic N) is 2. The number of aromatic nitrogens is 2. The standard InChI is InChI=1S/C23H22N4O3S/c28-23(24-15-6-16-27-17-25-21-9-4-5-10-22(21)27)18-11-13-20(14-12-18)31(29,30)26-19-7-2-1-3-8-19/h1-5,7-14,17,26H,6,15-16H2,(H,24,28). The SMILES string of the molecule is O=C(NCCCn1cnc2ccccc21)c1ccc(S(=O)(=O)Nc2ccccc2)cc1. The highest BCUT2D eigenvalue weighted by Gasteiger charge is 2.15. The summed E-state index contributed by atoms with van der Waals surface area (Å²) in [6.07, 6.45) is 2.55. The number of rotatable bonds is 8. The van der Waals surface area contributed by atoms with Gasteiger partial charge in [0, 0.05) is 24.3 Å². The molecule has 4 aromatic rings. The number of carbonyl (C=O) groups is 1. The molecular formula is C23H22N4O3S. The molecule has 0 aliphatic carbocycles. The number of imidazole rings is 1. The van der Waals surface area contributed by atoms with Gasteiger partial charge in [-0.3, -0.25) is 9.52 Å². The molecule has 31 heavy (non-hydrogen) atoms. The van der Waals surface area contributed by atoms with Crippen LogP contribution >= 0.6 is 0 Å². The second-order valence-electron chi connectivity index (χ2n) is 7.03. The van der Waals surface area contributed by atoms with E-state index < -0.39 is 10.0 Å². The zero-order valence-electron chi connectivity index (χ0n) is 16.7. The van der Waals surface area contributed by atoms with Crippen molar-refractivity contribution in [1.29, 1.82) is 0 Å². The van der Waals surface area contributed by atoms with Crippen molar-refractivity contribution in [2.45, 2.75) is 17.9 Å². The average molecular weight is 435 g/mol. The third kappa shape index (κ3) is 4.92. The van der Waals surface area contributed by atoms with Gasteiger partial charge in [0.2, 0.25) is 0 Å². The van der Waals surface area contributed by atoms with Crippen LogP contribution in [0.4, 0.5) is 5.69 Å². The van der Waals surface area contributed by atoms with E-state index >= 15 is 0 Å². The monoisotopic (exact) mass is 434 g/mol.